The van der Waals surface area contributed by atoms with Gasteiger partial charge in [0.15, 0.2) is 11.5 Å². The van der Waals surface area contributed by atoms with Crippen LogP contribution in [0.5, 0.6) is 0 Å². The molecule has 30 heavy (non-hydrogen) atoms. The van der Waals surface area contributed by atoms with Gasteiger partial charge < -0.3 is 5.32 Å². The number of carbonyl (C=O) groups excluding carboxylic acids is 1. The average molecular weight is 400 g/mol. The zero-order valence-corrected chi connectivity index (χ0v) is 16.8. The molecule has 5 nitrogen and oxygen atoms in total. The number of benzene rings is 2. The van der Waals surface area contributed by atoms with E-state index in [9.17, 15) is 9.18 Å². The van der Waals surface area contributed by atoms with Crippen molar-refractivity contribution in [1.82, 2.24) is 19.9 Å². The van der Waals surface area contributed by atoms with Crippen LogP contribution in [0.4, 0.5) is 4.39 Å². The van der Waals surface area contributed by atoms with Crippen LogP contribution in [0.3, 0.4) is 0 Å². The molecule has 0 radical (unpaired) electrons. The first-order valence-electron chi connectivity index (χ1n) is 10.0. The van der Waals surface area contributed by atoms with Crippen molar-refractivity contribution in [3.8, 4) is 22.5 Å². The van der Waals surface area contributed by atoms with Gasteiger partial charge in [-0.3, -0.25) is 9.20 Å². The van der Waals surface area contributed by atoms with Crippen molar-refractivity contribution in [2.45, 2.75) is 32.7 Å². The molecule has 5 rings (SSSR count). The lowest BCUT2D eigenvalue weighted by molar-refractivity contribution is 0.0951. The number of halogens is 1. The lowest BCUT2D eigenvalue weighted by Crippen LogP contribution is -2.25. The summed E-state index contributed by atoms with van der Waals surface area (Å²) in [5.41, 5.74) is 6.03. The van der Waals surface area contributed by atoms with Crippen molar-refractivity contribution in [2.24, 2.45) is 0 Å². The Balaban J connectivity index is 1.54. The van der Waals surface area contributed by atoms with E-state index in [0.29, 0.717) is 23.1 Å². The Morgan fingerprint density at radius 2 is 1.83 bits per heavy atom. The van der Waals surface area contributed by atoms with Crippen LogP contribution < -0.4 is 5.32 Å². The molecule has 0 unspecified atom stereocenters. The van der Waals surface area contributed by atoms with Crippen LogP contribution in [0.1, 0.15) is 34.3 Å². The predicted molar refractivity (Wildman–Crippen MR) is 114 cm³/mol. The van der Waals surface area contributed by atoms with Gasteiger partial charge in [-0.05, 0) is 91.4 Å². The molecule has 2 aromatic heterocycles. The summed E-state index contributed by atoms with van der Waals surface area (Å²) in [6, 6.07) is 14.7. The molecule has 0 saturated heterocycles. The lowest BCUT2D eigenvalue weighted by atomic mass is 9.98. The van der Waals surface area contributed by atoms with E-state index in [1.54, 1.807) is 6.07 Å². The first kappa shape index (κ1) is 18.5. The second-order valence-corrected chi connectivity index (χ2v) is 7.90. The molecule has 1 aliphatic rings. The predicted octanol–water partition coefficient (Wildman–Crippen LogP) is 4.71. The Hall–Kier alpha value is -3.54. The maximum Gasteiger partial charge on any atom is 0.251 e. The Morgan fingerprint density at radius 1 is 1.00 bits per heavy atom. The summed E-state index contributed by atoms with van der Waals surface area (Å²) in [6.07, 6.45) is 4.03. The fraction of sp³-hybridized carbons (Fsp3) is 0.208. The number of hydrogen-bond donors (Lipinski definition) is 1. The van der Waals surface area contributed by atoms with E-state index < -0.39 is 0 Å². The molecule has 0 aliphatic heterocycles. The average Bonchev–Trinajstić information content (AvgIpc) is 3.44. The van der Waals surface area contributed by atoms with E-state index in [1.807, 2.05) is 54.8 Å². The number of aryl methyl sites for hydroxylation is 2. The Bertz CT molecular complexity index is 1290. The van der Waals surface area contributed by atoms with Crippen LogP contribution in [0.25, 0.3) is 28.2 Å². The van der Waals surface area contributed by atoms with Gasteiger partial charge in [-0.25, -0.2) is 4.39 Å². The Labute approximate surface area is 173 Å². The molecular formula is C24H21FN4O. The molecule has 1 amide bonds. The van der Waals surface area contributed by atoms with Gasteiger partial charge in [-0.15, -0.1) is 10.2 Å². The summed E-state index contributed by atoms with van der Waals surface area (Å²) in [6.45, 7) is 3.88. The number of carbonyl (C=O) groups is 1. The van der Waals surface area contributed by atoms with Crippen LogP contribution in [0, 0.1) is 19.7 Å². The van der Waals surface area contributed by atoms with Gasteiger partial charge in [0, 0.05) is 23.4 Å². The van der Waals surface area contributed by atoms with Crippen molar-refractivity contribution >= 4 is 11.6 Å². The van der Waals surface area contributed by atoms with E-state index >= 15 is 0 Å². The number of fused-ring (bicyclic) bond motifs is 1. The highest BCUT2D eigenvalue weighted by Gasteiger charge is 2.24. The van der Waals surface area contributed by atoms with Gasteiger partial charge in [0.2, 0.25) is 0 Å². The van der Waals surface area contributed by atoms with Gasteiger partial charge >= 0.3 is 0 Å². The third kappa shape index (κ3) is 3.34. The van der Waals surface area contributed by atoms with Crippen molar-refractivity contribution in [2.75, 3.05) is 0 Å². The Kier molecular flexibility index (Phi) is 4.35. The molecule has 150 valence electrons. The van der Waals surface area contributed by atoms with Crippen molar-refractivity contribution < 1.29 is 9.18 Å². The number of rotatable bonds is 4. The summed E-state index contributed by atoms with van der Waals surface area (Å²) in [5, 5.41) is 11.7. The molecule has 2 heterocycles. The first-order valence-corrected chi connectivity index (χ1v) is 10.0. The third-order valence-corrected chi connectivity index (χ3v) is 5.56. The molecule has 0 spiro atoms. The number of pyridine rings is 1. The largest absolute Gasteiger partial charge is 0.349 e. The quantitative estimate of drug-likeness (QED) is 0.540. The molecule has 4 aromatic rings. The van der Waals surface area contributed by atoms with Crippen molar-refractivity contribution in [3.05, 3.63) is 77.2 Å². The van der Waals surface area contributed by atoms with Gasteiger partial charge in [0.25, 0.3) is 5.91 Å². The highest BCUT2D eigenvalue weighted by atomic mass is 19.1. The Morgan fingerprint density at radius 3 is 2.60 bits per heavy atom. The van der Waals surface area contributed by atoms with E-state index in [-0.39, 0.29) is 11.7 Å². The number of amides is 1. The van der Waals surface area contributed by atoms with Gasteiger partial charge in [-0.2, -0.15) is 0 Å². The van der Waals surface area contributed by atoms with E-state index in [4.69, 9.17) is 0 Å². The minimum Gasteiger partial charge on any atom is -0.349 e. The van der Waals surface area contributed by atoms with E-state index in [0.717, 1.165) is 40.7 Å². The fourth-order valence-corrected chi connectivity index (χ4v) is 3.69. The summed E-state index contributed by atoms with van der Waals surface area (Å²) in [4.78, 5) is 12.5. The molecule has 1 aliphatic carbocycles. The van der Waals surface area contributed by atoms with Crippen LogP contribution in [-0.2, 0) is 0 Å². The topological polar surface area (TPSA) is 59.3 Å². The lowest BCUT2D eigenvalue weighted by Gasteiger charge is -2.10. The zero-order valence-electron chi connectivity index (χ0n) is 16.8. The molecule has 1 fully saturated rings. The van der Waals surface area contributed by atoms with Gasteiger partial charge in [0.05, 0.1) is 0 Å². The number of hydrogen-bond acceptors (Lipinski definition) is 3. The molecule has 0 bridgehead atoms. The number of aromatic nitrogens is 3. The highest BCUT2D eigenvalue weighted by molar-refractivity contribution is 5.96. The first-order chi connectivity index (χ1) is 14.5. The van der Waals surface area contributed by atoms with E-state index in [1.165, 1.54) is 12.1 Å². The van der Waals surface area contributed by atoms with Crippen molar-refractivity contribution in [1.29, 1.82) is 0 Å². The highest BCUT2D eigenvalue weighted by Crippen LogP contribution is 2.29. The smallest absolute Gasteiger partial charge is 0.251 e. The fourth-order valence-electron chi connectivity index (χ4n) is 3.69. The molecular weight excluding hydrogens is 379 g/mol. The summed E-state index contributed by atoms with van der Waals surface area (Å²) in [7, 11) is 0. The van der Waals surface area contributed by atoms with Gasteiger partial charge in [0.1, 0.15) is 5.82 Å². The molecule has 0 atom stereocenters. The van der Waals surface area contributed by atoms with Gasteiger partial charge in [-0.1, -0.05) is 6.07 Å². The summed E-state index contributed by atoms with van der Waals surface area (Å²) >= 11 is 0. The van der Waals surface area contributed by atoms with Crippen LogP contribution in [0.2, 0.25) is 0 Å². The minimum absolute atomic E-state index is 0.0311. The van der Waals surface area contributed by atoms with Crippen molar-refractivity contribution in [3.63, 3.8) is 0 Å². The van der Waals surface area contributed by atoms with Crippen LogP contribution >= 0.6 is 0 Å². The zero-order chi connectivity index (χ0) is 20.8. The standard InChI is InChI=1S/C24H21FN4O/c1-14-3-4-17(24(30)26-19-6-7-19)12-21(14)16-9-10-29-22(13-16)27-28-23(29)20-8-5-18(25)11-15(20)2/h3-5,8-13,19H,6-7H2,1-2H3,(H,26,30). The van der Waals surface area contributed by atoms with E-state index in [2.05, 4.69) is 15.5 Å². The van der Waals surface area contributed by atoms with Crippen LogP contribution in [-0.4, -0.2) is 26.5 Å². The van der Waals surface area contributed by atoms with Crippen LogP contribution in [0.15, 0.2) is 54.7 Å². The molecule has 1 N–H and O–H groups in total. The molecule has 2 aromatic carbocycles. The second kappa shape index (κ2) is 7.06. The molecule has 1 saturated carbocycles. The SMILES string of the molecule is Cc1ccc(C(=O)NC2CC2)cc1-c1ccn2c(-c3ccc(F)cc3C)nnc2c1. The second-order valence-electron chi connectivity index (χ2n) is 7.90. The number of nitrogens with one attached hydrogen (secondary N) is 1. The monoisotopic (exact) mass is 400 g/mol. The summed E-state index contributed by atoms with van der Waals surface area (Å²) < 4.78 is 15.4. The maximum absolute atomic E-state index is 13.5. The minimum atomic E-state index is -0.270. The summed E-state index contributed by atoms with van der Waals surface area (Å²) in [5.74, 6) is 0.369. The number of nitrogens with zero attached hydrogens (tertiary/aromatic N) is 3. The third-order valence-electron chi connectivity index (χ3n) is 5.56. The molecule has 6 heteroatoms. The maximum atomic E-state index is 13.5. The normalized spacial score (nSPS) is 13.6.